The summed E-state index contributed by atoms with van der Waals surface area (Å²) in [6.45, 7) is 0. The first-order valence-corrected chi connectivity index (χ1v) is 7.89. The Morgan fingerprint density at radius 1 is 1.15 bits per heavy atom. The summed E-state index contributed by atoms with van der Waals surface area (Å²) in [6, 6.07) is 8.02. The van der Waals surface area contributed by atoms with E-state index in [9.17, 15) is 0 Å². The second-order valence-corrected chi connectivity index (χ2v) is 6.20. The van der Waals surface area contributed by atoms with Crippen molar-refractivity contribution >= 4 is 15.9 Å². The summed E-state index contributed by atoms with van der Waals surface area (Å²) >= 11 is 3.52. The average Bonchev–Trinajstić information content (AvgIpc) is 2.82. The monoisotopic (exact) mass is 335 g/mol. The Balaban J connectivity index is 1.88. The highest BCUT2D eigenvalue weighted by Gasteiger charge is 2.27. The molecule has 1 aliphatic rings. The van der Waals surface area contributed by atoms with Gasteiger partial charge in [-0.15, -0.1) is 0 Å². The highest BCUT2D eigenvalue weighted by Crippen LogP contribution is 2.32. The van der Waals surface area contributed by atoms with Gasteiger partial charge in [0.2, 0.25) is 11.7 Å². The molecule has 0 aliphatic heterocycles. The molecule has 0 saturated heterocycles. The van der Waals surface area contributed by atoms with Gasteiger partial charge in [-0.25, -0.2) is 0 Å². The molecule has 2 aromatic rings. The molecule has 1 aliphatic carbocycles. The topological polar surface area (TPSA) is 64.9 Å². The minimum atomic E-state index is 0.130. The smallest absolute Gasteiger partial charge is 0.231 e. The minimum Gasteiger partial charge on any atom is -0.339 e. The first-order chi connectivity index (χ1) is 9.75. The molecule has 1 heterocycles. The van der Waals surface area contributed by atoms with Crippen LogP contribution in [0.15, 0.2) is 33.3 Å². The third-order valence-electron chi connectivity index (χ3n) is 3.94. The lowest BCUT2D eigenvalue weighted by molar-refractivity contribution is 0.326. The number of nitrogens with zero attached hydrogens (tertiary/aromatic N) is 2. The standard InChI is InChI=1S/C15H18BrN3O/c16-12-8-5-4-6-10(12)14-18-15(20-19-14)11-7-2-1-3-9-13(11)17/h4-6,8,11,13H,1-3,7,9,17H2. The summed E-state index contributed by atoms with van der Waals surface area (Å²) in [4.78, 5) is 4.57. The minimum absolute atomic E-state index is 0.130. The maximum absolute atomic E-state index is 6.25. The number of hydrogen-bond acceptors (Lipinski definition) is 4. The summed E-state index contributed by atoms with van der Waals surface area (Å²) in [5.41, 5.74) is 7.20. The maximum Gasteiger partial charge on any atom is 0.231 e. The van der Waals surface area contributed by atoms with E-state index in [0.717, 1.165) is 22.9 Å². The van der Waals surface area contributed by atoms with Crippen molar-refractivity contribution in [3.8, 4) is 11.4 Å². The predicted octanol–water partition coefficient (Wildman–Crippen LogP) is 3.87. The lowest BCUT2D eigenvalue weighted by Crippen LogP contribution is -2.27. The Morgan fingerprint density at radius 3 is 2.80 bits per heavy atom. The largest absolute Gasteiger partial charge is 0.339 e. The zero-order valence-electron chi connectivity index (χ0n) is 11.3. The first kappa shape index (κ1) is 13.8. The molecule has 5 heteroatoms. The Bertz CT molecular complexity index is 584. The van der Waals surface area contributed by atoms with E-state index in [2.05, 4.69) is 26.1 Å². The summed E-state index contributed by atoms with van der Waals surface area (Å²) in [6.07, 6.45) is 5.71. The maximum atomic E-state index is 6.25. The van der Waals surface area contributed by atoms with E-state index < -0.39 is 0 Å². The van der Waals surface area contributed by atoms with Crippen molar-refractivity contribution in [3.05, 3.63) is 34.6 Å². The van der Waals surface area contributed by atoms with Crippen LogP contribution in [0.25, 0.3) is 11.4 Å². The zero-order valence-corrected chi connectivity index (χ0v) is 12.8. The molecule has 0 spiro atoms. The van der Waals surface area contributed by atoms with E-state index in [0.29, 0.717) is 11.7 Å². The zero-order chi connectivity index (χ0) is 13.9. The van der Waals surface area contributed by atoms with Crippen LogP contribution in [0, 0.1) is 0 Å². The van der Waals surface area contributed by atoms with Crippen LogP contribution < -0.4 is 5.73 Å². The van der Waals surface area contributed by atoms with Crippen LogP contribution in [0.5, 0.6) is 0 Å². The molecule has 0 radical (unpaired) electrons. The fourth-order valence-corrected chi connectivity index (χ4v) is 3.24. The van der Waals surface area contributed by atoms with E-state index in [4.69, 9.17) is 10.3 Å². The molecule has 1 saturated carbocycles. The third kappa shape index (κ3) is 2.79. The SMILES string of the molecule is NC1CCCCCC1c1nc(-c2ccccc2Br)no1. The highest BCUT2D eigenvalue weighted by atomic mass is 79.9. The molecule has 4 nitrogen and oxygen atoms in total. The van der Waals surface area contributed by atoms with Gasteiger partial charge in [-0.1, -0.05) is 52.5 Å². The number of halogens is 1. The van der Waals surface area contributed by atoms with Gasteiger partial charge in [-0.3, -0.25) is 0 Å². The van der Waals surface area contributed by atoms with Crippen LogP contribution in [0.4, 0.5) is 0 Å². The molecule has 2 N–H and O–H groups in total. The van der Waals surface area contributed by atoms with Gasteiger partial charge in [-0.05, 0) is 25.0 Å². The van der Waals surface area contributed by atoms with Crippen LogP contribution in [0.3, 0.4) is 0 Å². The third-order valence-corrected chi connectivity index (χ3v) is 4.63. The molecule has 20 heavy (non-hydrogen) atoms. The van der Waals surface area contributed by atoms with E-state index in [1.54, 1.807) is 0 Å². The van der Waals surface area contributed by atoms with Gasteiger partial charge in [0, 0.05) is 16.1 Å². The van der Waals surface area contributed by atoms with E-state index >= 15 is 0 Å². The molecule has 0 amide bonds. The average molecular weight is 336 g/mol. The van der Waals surface area contributed by atoms with Crippen molar-refractivity contribution in [2.75, 3.05) is 0 Å². The highest BCUT2D eigenvalue weighted by molar-refractivity contribution is 9.10. The Hall–Kier alpha value is -1.20. The second kappa shape index (κ2) is 6.06. The quantitative estimate of drug-likeness (QED) is 0.846. The van der Waals surface area contributed by atoms with Crippen molar-refractivity contribution in [1.29, 1.82) is 0 Å². The molecule has 106 valence electrons. The van der Waals surface area contributed by atoms with E-state index in [1.165, 1.54) is 19.3 Å². The van der Waals surface area contributed by atoms with Crippen LogP contribution in [0.1, 0.15) is 43.9 Å². The molecule has 1 fully saturated rings. The lowest BCUT2D eigenvalue weighted by Gasteiger charge is -2.16. The van der Waals surface area contributed by atoms with Crippen molar-refractivity contribution < 1.29 is 4.52 Å². The normalized spacial score (nSPS) is 23.5. The van der Waals surface area contributed by atoms with Crippen LogP contribution in [-0.4, -0.2) is 16.2 Å². The van der Waals surface area contributed by atoms with Gasteiger partial charge in [-0.2, -0.15) is 4.98 Å². The van der Waals surface area contributed by atoms with E-state index in [1.807, 2.05) is 24.3 Å². The fraction of sp³-hybridized carbons (Fsp3) is 0.467. The van der Waals surface area contributed by atoms with Gasteiger partial charge in [0.1, 0.15) is 0 Å². The Labute approximate surface area is 126 Å². The van der Waals surface area contributed by atoms with Crippen molar-refractivity contribution in [2.24, 2.45) is 5.73 Å². The van der Waals surface area contributed by atoms with Crippen molar-refractivity contribution in [3.63, 3.8) is 0 Å². The summed E-state index contributed by atoms with van der Waals surface area (Å²) in [5.74, 6) is 1.51. The van der Waals surface area contributed by atoms with Crippen LogP contribution in [0.2, 0.25) is 0 Å². The van der Waals surface area contributed by atoms with Gasteiger partial charge >= 0.3 is 0 Å². The fourth-order valence-electron chi connectivity index (χ4n) is 2.78. The number of aromatic nitrogens is 2. The van der Waals surface area contributed by atoms with Crippen LogP contribution >= 0.6 is 15.9 Å². The Kier molecular flexibility index (Phi) is 4.17. The summed E-state index contributed by atoms with van der Waals surface area (Å²) < 4.78 is 6.45. The second-order valence-electron chi connectivity index (χ2n) is 5.34. The number of rotatable bonds is 2. The van der Waals surface area contributed by atoms with Gasteiger partial charge in [0.15, 0.2) is 0 Å². The summed E-state index contributed by atoms with van der Waals surface area (Å²) in [7, 11) is 0. The molecule has 1 aromatic heterocycles. The molecular formula is C15H18BrN3O. The summed E-state index contributed by atoms with van der Waals surface area (Å²) in [5, 5.41) is 4.12. The van der Waals surface area contributed by atoms with Gasteiger partial charge in [0.05, 0.1) is 5.92 Å². The molecule has 2 atom stereocenters. The molecular weight excluding hydrogens is 318 g/mol. The van der Waals surface area contributed by atoms with Gasteiger partial charge < -0.3 is 10.3 Å². The predicted molar refractivity (Wildman–Crippen MR) is 81.2 cm³/mol. The number of nitrogens with two attached hydrogens (primary N) is 1. The number of benzene rings is 1. The van der Waals surface area contributed by atoms with Crippen molar-refractivity contribution in [1.82, 2.24) is 10.1 Å². The lowest BCUT2D eigenvalue weighted by atomic mass is 9.95. The molecule has 1 aromatic carbocycles. The van der Waals surface area contributed by atoms with E-state index in [-0.39, 0.29) is 12.0 Å². The van der Waals surface area contributed by atoms with Crippen LogP contribution in [-0.2, 0) is 0 Å². The Morgan fingerprint density at radius 2 is 1.95 bits per heavy atom. The molecule has 0 bridgehead atoms. The van der Waals surface area contributed by atoms with Crippen molar-refractivity contribution in [2.45, 2.75) is 44.1 Å². The molecule has 3 rings (SSSR count). The molecule has 2 unspecified atom stereocenters. The van der Waals surface area contributed by atoms with Gasteiger partial charge in [0.25, 0.3) is 0 Å². The first-order valence-electron chi connectivity index (χ1n) is 7.10. The number of hydrogen-bond donors (Lipinski definition) is 1.